The highest BCUT2D eigenvalue weighted by Crippen LogP contribution is 2.43. The second-order valence-electron chi connectivity index (χ2n) is 5.66. The van der Waals surface area contributed by atoms with E-state index in [1.54, 1.807) is 11.3 Å². The fourth-order valence-electron chi connectivity index (χ4n) is 3.01. The molecule has 0 bridgehead atoms. The van der Waals surface area contributed by atoms with Gasteiger partial charge in [0.05, 0.1) is 23.2 Å². The Kier molecular flexibility index (Phi) is 2.62. The Hall–Kier alpha value is -1.36. The van der Waals surface area contributed by atoms with E-state index in [1.807, 2.05) is 12.5 Å². The molecule has 0 saturated heterocycles. The van der Waals surface area contributed by atoms with Crippen molar-refractivity contribution >= 4 is 16.3 Å². The molecule has 2 aromatic rings. The minimum atomic E-state index is 0.619. The maximum absolute atomic E-state index is 6.20. The van der Waals surface area contributed by atoms with Gasteiger partial charge >= 0.3 is 0 Å². The summed E-state index contributed by atoms with van der Waals surface area (Å²) in [5.41, 5.74) is 8.26. The summed E-state index contributed by atoms with van der Waals surface area (Å²) < 4.78 is 2.24. The molecule has 2 aliphatic carbocycles. The third kappa shape index (κ3) is 1.96. The lowest BCUT2D eigenvalue weighted by Crippen LogP contribution is -1.97. The zero-order chi connectivity index (χ0) is 12.8. The predicted molar refractivity (Wildman–Crippen MR) is 77.2 cm³/mol. The summed E-state index contributed by atoms with van der Waals surface area (Å²) in [5.74, 6) is 0.637. The normalized spacial score (nSPS) is 20.2. The molecule has 4 rings (SSSR count). The maximum Gasteiger partial charge on any atom is 0.123 e. The van der Waals surface area contributed by atoms with Crippen molar-refractivity contribution in [3.63, 3.8) is 0 Å². The number of hydrogen-bond acceptors (Lipinski definition) is 4. The van der Waals surface area contributed by atoms with Crippen molar-refractivity contribution in [3.05, 3.63) is 17.5 Å². The molecule has 0 radical (unpaired) electrons. The molecule has 0 spiro atoms. The number of imidazole rings is 1. The van der Waals surface area contributed by atoms with Crippen LogP contribution in [0.5, 0.6) is 0 Å². The SMILES string of the molecule is Nc1sc(C2CCCC2)nc1-c1cncn1C1CC1. The smallest absolute Gasteiger partial charge is 0.123 e. The van der Waals surface area contributed by atoms with Crippen molar-refractivity contribution in [1.29, 1.82) is 0 Å². The standard InChI is InChI=1S/C14H18N4S/c15-13-12(11-7-16-8-18(11)10-5-6-10)17-14(19-13)9-3-1-2-4-9/h7-10H,1-6,15H2. The first-order valence-electron chi connectivity index (χ1n) is 7.11. The number of nitrogen functional groups attached to an aromatic ring is 1. The molecule has 2 aromatic heterocycles. The van der Waals surface area contributed by atoms with Crippen LogP contribution in [0.15, 0.2) is 12.5 Å². The summed E-state index contributed by atoms with van der Waals surface area (Å²) >= 11 is 1.68. The summed E-state index contributed by atoms with van der Waals surface area (Å²) in [5, 5.41) is 2.08. The lowest BCUT2D eigenvalue weighted by Gasteiger charge is -2.05. The first kappa shape index (κ1) is 11.5. The number of aromatic nitrogens is 3. The average molecular weight is 274 g/mol. The lowest BCUT2D eigenvalue weighted by atomic mass is 10.1. The first-order valence-corrected chi connectivity index (χ1v) is 7.93. The topological polar surface area (TPSA) is 56.7 Å². The van der Waals surface area contributed by atoms with E-state index in [-0.39, 0.29) is 0 Å². The highest BCUT2D eigenvalue weighted by molar-refractivity contribution is 7.16. The Morgan fingerprint density at radius 2 is 2.00 bits per heavy atom. The van der Waals surface area contributed by atoms with Crippen LogP contribution in [0.3, 0.4) is 0 Å². The van der Waals surface area contributed by atoms with Gasteiger partial charge in [0.1, 0.15) is 10.7 Å². The lowest BCUT2D eigenvalue weighted by molar-refractivity contribution is 0.714. The average Bonchev–Trinajstić information content (AvgIpc) is 2.87. The Morgan fingerprint density at radius 3 is 2.74 bits per heavy atom. The van der Waals surface area contributed by atoms with Crippen molar-refractivity contribution in [3.8, 4) is 11.4 Å². The van der Waals surface area contributed by atoms with Crippen LogP contribution in [-0.2, 0) is 0 Å². The minimum Gasteiger partial charge on any atom is -0.389 e. The molecule has 2 heterocycles. The number of thiazole rings is 1. The van der Waals surface area contributed by atoms with Gasteiger partial charge in [0.25, 0.3) is 0 Å². The zero-order valence-electron chi connectivity index (χ0n) is 10.9. The molecular formula is C14H18N4S. The summed E-state index contributed by atoms with van der Waals surface area (Å²) in [6.07, 6.45) is 11.5. The molecule has 2 saturated carbocycles. The van der Waals surface area contributed by atoms with Crippen LogP contribution in [0.25, 0.3) is 11.4 Å². The molecule has 0 aromatic carbocycles. The van der Waals surface area contributed by atoms with Crippen molar-refractivity contribution in [2.24, 2.45) is 0 Å². The minimum absolute atomic E-state index is 0.619. The Balaban J connectivity index is 1.72. The number of nitrogens with zero attached hydrogens (tertiary/aromatic N) is 3. The molecular weight excluding hydrogens is 256 g/mol. The van der Waals surface area contributed by atoms with E-state index in [1.165, 1.54) is 43.5 Å². The molecule has 100 valence electrons. The fourth-order valence-corrected chi connectivity index (χ4v) is 4.02. The summed E-state index contributed by atoms with van der Waals surface area (Å²) in [6, 6.07) is 0.619. The largest absolute Gasteiger partial charge is 0.389 e. The van der Waals surface area contributed by atoms with Gasteiger partial charge in [-0.1, -0.05) is 12.8 Å². The summed E-state index contributed by atoms with van der Waals surface area (Å²) in [7, 11) is 0. The van der Waals surface area contributed by atoms with Crippen molar-refractivity contribution in [1.82, 2.24) is 14.5 Å². The van der Waals surface area contributed by atoms with E-state index in [4.69, 9.17) is 10.7 Å². The Morgan fingerprint density at radius 1 is 1.21 bits per heavy atom. The monoisotopic (exact) mass is 274 g/mol. The van der Waals surface area contributed by atoms with Crippen LogP contribution >= 0.6 is 11.3 Å². The van der Waals surface area contributed by atoms with E-state index in [0.717, 1.165) is 16.4 Å². The van der Waals surface area contributed by atoms with Crippen molar-refractivity contribution in [2.75, 3.05) is 5.73 Å². The molecule has 0 unspecified atom stereocenters. The van der Waals surface area contributed by atoms with E-state index >= 15 is 0 Å². The van der Waals surface area contributed by atoms with Gasteiger partial charge in [-0.05, 0) is 25.7 Å². The summed E-state index contributed by atoms with van der Waals surface area (Å²) in [4.78, 5) is 9.12. The predicted octanol–water partition coefficient (Wildman–Crippen LogP) is 3.58. The van der Waals surface area contributed by atoms with Crippen LogP contribution in [0.4, 0.5) is 5.00 Å². The van der Waals surface area contributed by atoms with Gasteiger partial charge in [-0.3, -0.25) is 0 Å². The molecule has 2 fully saturated rings. The van der Waals surface area contributed by atoms with Gasteiger partial charge in [0.2, 0.25) is 0 Å². The van der Waals surface area contributed by atoms with Crippen LogP contribution in [-0.4, -0.2) is 14.5 Å². The Bertz CT molecular complexity index is 590. The molecule has 2 N–H and O–H groups in total. The highest BCUT2D eigenvalue weighted by Gasteiger charge is 2.28. The second-order valence-corrected chi connectivity index (χ2v) is 6.73. The fraction of sp³-hybridized carbons (Fsp3) is 0.571. The van der Waals surface area contributed by atoms with Gasteiger partial charge < -0.3 is 10.3 Å². The van der Waals surface area contributed by atoms with E-state index < -0.39 is 0 Å². The zero-order valence-corrected chi connectivity index (χ0v) is 11.7. The third-order valence-corrected chi connectivity index (χ3v) is 5.27. The summed E-state index contributed by atoms with van der Waals surface area (Å²) in [6.45, 7) is 0. The van der Waals surface area contributed by atoms with Crippen LogP contribution in [0.1, 0.15) is 55.5 Å². The number of rotatable bonds is 3. The van der Waals surface area contributed by atoms with E-state index in [9.17, 15) is 0 Å². The van der Waals surface area contributed by atoms with Crippen LogP contribution in [0, 0.1) is 0 Å². The van der Waals surface area contributed by atoms with Crippen LogP contribution in [0.2, 0.25) is 0 Å². The van der Waals surface area contributed by atoms with Gasteiger partial charge in [-0.25, -0.2) is 9.97 Å². The second kappa shape index (κ2) is 4.34. The number of nitrogens with two attached hydrogens (primary N) is 1. The van der Waals surface area contributed by atoms with Gasteiger partial charge in [0, 0.05) is 12.0 Å². The van der Waals surface area contributed by atoms with Gasteiger partial charge in [-0.2, -0.15) is 0 Å². The first-order chi connectivity index (χ1) is 9.33. The van der Waals surface area contributed by atoms with Crippen molar-refractivity contribution < 1.29 is 0 Å². The van der Waals surface area contributed by atoms with Crippen LogP contribution < -0.4 is 5.73 Å². The third-order valence-electron chi connectivity index (χ3n) is 4.22. The molecule has 4 nitrogen and oxygen atoms in total. The molecule has 0 atom stereocenters. The highest BCUT2D eigenvalue weighted by atomic mass is 32.1. The quantitative estimate of drug-likeness (QED) is 0.930. The van der Waals surface area contributed by atoms with Gasteiger partial charge in [0.15, 0.2) is 0 Å². The molecule has 5 heteroatoms. The molecule has 2 aliphatic rings. The van der Waals surface area contributed by atoms with E-state index in [0.29, 0.717) is 12.0 Å². The maximum atomic E-state index is 6.20. The molecule has 19 heavy (non-hydrogen) atoms. The number of hydrogen-bond donors (Lipinski definition) is 1. The molecule has 0 amide bonds. The molecule has 0 aliphatic heterocycles. The number of anilines is 1. The van der Waals surface area contributed by atoms with E-state index in [2.05, 4.69) is 9.55 Å². The van der Waals surface area contributed by atoms with Gasteiger partial charge in [-0.15, -0.1) is 11.3 Å². The Labute approximate surface area is 116 Å². The van der Waals surface area contributed by atoms with Crippen molar-refractivity contribution in [2.45, 2.75) is 50.5 Å².